The molecule has 94 valence electrons. The number of hydrogen-bond donors (Lipinski definition) is 1. The second-order valence-electron chi connectivity index (χ2n) is 5.67. The fraction of sp³-hybridized carbons (Fsp3) is 0.692. The molecule has 17 heavy (non-hydrogen) atoms. The van der Waals surface area contributed by atoms with Gasteiger partial charge in [-0.25, -0.2) is 4.98 Å². The number of carbonyl (C=O) groups excluding carboxylic acids is 1. The molecular formula is C13H20N2OS. The molecule has 1 aliphatic heterocycles. The molecule has 0 spiro atoms. The van der Waals surface area contributed by atoms with Crippen molar-refractivity contribution >= 4 is 17.1 Å². The molecule has 3 nitrogen and oxygen atoms in total. The molecule has 0 saturated carbocycles. The van der Waals surface area contributed by atoms with E-state index in [4.69, 9.17) is 0 Å². The summed E-state index contributed by atoms with van der Waals surface area (Å²) in [5, 5.41) is 6.27. The number of nitrogens with one attached hydrogen (secondary N) is 1. The van der Waals surface area contributed by atoms with Crippen molar-refractivity contribution < 1.29 is 4.79 Å². The van der Waals surface area contributed by atoms with E-state index in [2.05, 4.69) is 36.5 Å². The molecule has 1 aromatic heterocycles. The molecule has 0 radical (unpaired) electrons. The van der Waals surface area contributed by atoms with Crippen molar-refractivity contribution in [3.63, 3.8) is 0 Å². The third-order valence-corrected chi connectivity index (χ3v) is 3.94. The van der Waals surface area contributed by atoms with Crippen LogP contribution in [0.15, 0.2) is 5.38 Å². The average Bonchev–Trinajstić information content (AvgIpc) is 2.85. The van der Waals surface area contributed by atoms with Crippen LogP contribution in [-0.4, -0.2) is 23.4 Å². The molecule has 1 fully saturated rings. The van der Waals surface area contributed by atoms with Gasteiger partial charge in [-0.2, -0.15) is 0 Å². The van der Waals surface area contributed by atoms with Crippen molar-refractivity contribution in [2.45, 2.75) is 51.5 Å². The number of ketones is 1. The highest BCUT2D eigenvalue weighted by atomic mass is 32.1. The fourth-order valence-corrected chi connectivity index (χ4v) is 3.00. The first-order valence-corrected chi connectivity index (χ1v) is 7.06. The molecule has 1 aromatic rings. The van der Waals surface area contributed by atoms with Crippen LogP contribution in [0.25, 0.3) is 0 Å². The van der Waals surface area contributed by atoms with Gasteiger partial charge in [0.15, 0.2) is 5.78 Å². The van der Waals surface area contributed by atoms with Gasteiger partial charge >= 0.3 is 0 Å². The summed E-state index contributed by atoms with van der Waals surface area (Å²) in [4.78, 5) is 16.5. The van der Waals surface area contributed by atoms with Crippen LogP contribution in [0.1, 0.15) is 44.3 Å². The van der Waals surface area contributed by atoms with Crippen LogP contribution in [0.5, 0.6) is 0 Å². The summed E-state index contributed by atoms with van der Waals surface area (Å²) in [6.45, 7) is 7.41. The van der Waals surface area contributed by atoms with Crippen LogP contribution in [0.2, 0.25) is 0 Å². The Bertz CT molecular complexity index is 400. The fourth-order valence-electron chi connectivity index (χ4n) is 1.97. The van der Waals surface area contributed by atoms with Crippen molar-refractivity contribution in [1.82, 2.24) is 10.3 Å². The Labute approximate surface area is 107 Å². The Morgan fingerprint density at radius 1 is 1.59 bits per heavy atom. The Balaban J connectivity index is 1.99. The van der Waals surface area contributed by atoms with Crippen LogP contribution in [-0.2, 0) is 16.6 Å². The van der Waals surface area contributed by atoms with Crippen LogP contribution >= 0.6 is 11.3 Å². The van der Waals surface area contributed by atoms with Gasteiger partial charge < -0.3 is 5.32 Å². The normalized spacial score (nSPS) is 20.8. The molecule has 0 amide bonds. The predicted octanol–water partition coefficient (Wildman–Crippen LogP) is 2.30. The summed E-state index contributed by atoms with van der Waals surface area (Å²) in [5.41, 5.74) is 1.16. The number of thiazole rings is 1. The van der Waals surface area contributed by atoms with Gasteiger partial charge in [-0.05, 0) is 19.4 Å². The second-order valence-corrected chi connectivity index (χ2v) is 6.61. The molecule has 0 aliphatic carbocycles. The highest BCUT2D eigenvalue weighted by Crippen LogP contribution is 2.24. The molecule has 1 N–H and O–H groups in total. The van der Waals surface area contributed by atoms with E-state index in [1.165, 1.54) is 0 Å². The van der Waals surface area contributed by atoms with Gasteiger partial charge in [-0.3, -0.25) is 4.79 Å². The van der Waals surface area contributed by atoms with E-state index in [1.54, 1.807) is 11.3 Å². The Morgan fingerprint density at radius 2 is 2.35 bits per heavy atom. The summed E-state index contributed by atoms with van der Waals surface area (Å²) in [6, 6.07) is 0.0667. The molecule has 1 saturated heterocycles. The number of Topliss-reactive ketones (excluding diaryl/α,β-unsaturated/α-hetero) is 1. The topological polar surface area (TPSA) is 42.0 Å². The minimum absolute atomic E-state index is 0.0667. The minimum atomic E-state index is 0.0667. The lowest BCUT2D eigenvalue weighted by Gasteiger charge is -2.14. The standard InChI is InChI=1S/C13H20N2OS/c1-13(2,3)11-8-17-12(15-11)7-10(16)9-5-4-6-14-9/h8-9,14H,4-7H2,1-3H3. The molecule has 2 rings (SSSR count). The van der Waals surface area contributed by atoms with E-state index in [0.29, 0.717) is 6.42 Å². The first-order chi connectivity index (χ1) is 7.97. The lowest BCUT2D eigenvalue weighted by Crippen LogP contribution is -2.31. The van der Waals surface area contributed by atoms with Crippen LogP contribution in [0.3, 0.4) is 0 Å². The smallest absolute Gasteiger partial charge is 0.156 e. The monoisotopic (exact) mass is 252 g/mol. The number of hydrogen-bond acceptors (Lipinski definition) is 4. The first-order valence-electron chi connectivity index (χ1n) is 6.18. The van der Waals surface area contributed by atoms with Crippen molar-refractivity contribution in [2.75, 3.05) is 6.54 Å². The molecule has 0 bridgehead atoms. The van der Waals surface area contributed by atoms with Crippen molar-refractivity contribution in [2.24, 2.45) is 0 Å². The molecule has 1 unspecified atom stereocenters. The SMILES string of the molecule is CC(C)(C)c1csc(CC(=O)C2CCCN2)n1. The van der Waals surface area contributed by atoms with Crippen molar-refractivity contribution in [3.05, 3.63) is 16.1 Å². The average molecular weight is 252 g/mol. The predicted molar refractivity (Wildman–Crippen MR) is 70.5 cm³/mol. The summed E-state index contributed by atoms with van der Waals surface area (Å²) in [6.07, 6.45) is 2.58. The van der Waals surface area contributed by atoms with Crippen LogP contribution in [0.4, 0.5) is 0 Å². The highest BCUT2D eigenvalue weighted by Gasteiger charge is 2.24. The maximum Gasteiger partial charge on any atom is 0.156 e. The molecule has 2 heterocycles. The Morgan fingerprint density at radius 3 is 2.88 bits per heavy atom. The van der Waals surface area contributed by atoms with Crippen molar-refractivity contribution in [3.8, 4) is 0 Å². The van der Waals surface area contributed by atoms with E-state index in [-0.39, 0.29) is 17.2 Å². The van der Waals surface area contributed by atoms with E-state index in [0.717, 1.165) is 30.1 Å². The molecular weight excluding hydrogens is 232 g/mol. The van der Waals surface area contributed by atoms with Gasteiger partial charge in [0.2, 0.25) is 0 Å². The largest absolute Gasteiger partial charge is 0.307 e. The second kappa shape index (κ2) is 4.86. The quantitative estimate of drug-likeness (QED) is 0.897. The number of carbonyl (C=O) groups is 1. The van der Waals surface area contributed by atoms with E-state index >= 15 is 0 Å². The Kier molecular flexibility index (Phi) is 3.64. The lowest BCUT2D eigenvalue weighted by molar-refractivity contribution is -0.120. The van der Waals surface area contributed by atoms with Crippen LogP contribution in [0, 0.1) is 0 Å². The Hall–Kier alpha value is -0.740. The van der Waals surface area contributed by atoms with Crippen molar-refractivity contribution in [1.29, 1.82) is 0 Å². The van der Waals surface area contributed by atoms with Gasteiger partial charge in [0.05, 0.1) is 18.2 Å². The molecule has 1 atom stereocenters. The van der Waals surface area contributed by atoms with E-state index in [1.807, 2.05) is 0 Å². The van der Waals surface area contributed by atoms with E-state index in [9.17, 15) is 4.79 Å². The minimum Gasteiger partial charge on any atom is -0.307 e. The van der Waals surface area contributed by atoms with Gasteiger partial charge in [0, 0.05) is 10.8 Å². The zero-order valence-electron chi connectivity index (χ0n) is 10.7. The van der Waals surface area contributed by atoms with Gasteiger partial charge in [0.25, 0.3) is 0 Å². The third kappa shape index (κ3) is 3.13. The summed E-state index contributed by atoms with van der Waals surface area (Å²) in [7, 11) is 0. The highest BCUT2D eigenvalue weighted by molar-refractivity contribution is 7.09. The van der Waals surface area contributed by atoms with Crippen LogP contribution < -0.4 is 5.32 Å². The maximum atomic E-state index is 12.0. The molecule has 1 aliphatic rings. The maximum absolute atomic E-state index is 12.0. The lowest BCUT2D eigenvalue weighted by atomic mass is 9.93. The number of aromatic nitrogens is 1. The van der Waals surface area contributed by atoms with E-state index < -0.39 is 0 Å². The van der Waals surface area contributed by atoms with Gasteiger partial charge in [0.1, 0.15) is 5.01 Å². The zero-order valence-corrected chi connectivity index (χ0v) is 11.6. The summed E-state index contributed by atoms with van der Waals surface area (Å²) in [5.74, 6) is 0.289. The van der Waals surface area contributed by atoms with Gasteiger partial charge in [-0.1, -0.05) is 20.8 Å². The number of rotatable bonds is 3. The summed E-state index contributed by atoms with van der Waals surface area (Å²) < 4.78 is 0. The zero-order chi connectivity index (χ0) is 12.5. The third-order valence-electron chi connectivity index (χ3n) is 3.09. The molecule has 0 aromatic carbocycles. The first kappa shape index (κ1) is 12.7. The number of nitrogens with zero attached hydrogens (tertiary/aromatic N) is 1. The van der Waals surface area contributed by atoms with Gasteiger partial charge in [-0.15, -0.1) is 11.3 Å². The molecule has 4 heteroatoms. The summed E-state index contributed by atoms with van der Waals surface area (Å²) >= 11 is 1.60.